The first kappa shape index (κ1) is 11.1. The molecule has 0 radical (unpaired) electrons. The number of fused-ring (bicyclic) bond motifs is 3. The lowest BCUT2D eigenvalue weighted by Crippen LogP contribution is -1.99. The molecular weight excluding hydrogens is 248 g/mol. The number of benzene rings is 2. The predicted octanol–water partition coefficient (Wildman–Crippen LogP) is 5.25. The van der Waals surface area contributed by atoms with Gasteiger partial charge in [0.1, 0.15) is 0 Å². The Morgan fingerprint density at radius 3 is 2.58 bits per heavy atom. The molecule has 2 aromatic rings. The molecule has 2 aliphatic rings. The third-order valence-electron chi connectivity index (χ3n) is 3.84. The second kappa shape index (κ2) is 4.43. The minimum atomic E-state index is 0.591. The van der Waals surface area contributed by atoms with Gasteiger partial charge in [0.15, 0.2) is 0 Å². The van der Waals surface area contributed by atoms with E-state index in [1.54, 1.807) is 0 Å². The molecule has 0 fully saturated rings. The van der Waals surface area contributed by atoms with E-state index in [9.17, 15) is 0 Å². The van der Waals surface area contributed by atoms with Crippen LogP contribution in [0.3, 0.4) is 0 Å². The molecule has 0 bridgehead atoms. The Kier molecular flexibility index (Phi) is 2.59. The van der Waals surface area contributed by atoms with Crippen molar-refractivity contribution in [3.8, 4) is 0 Å². The fourth-order valence-electron chi connectivity index (χ4n) is 2.87. The molecule has 0 saturated heterocycles. The number of hydrogen-bond acceptors (Lipinski definition) is 1. The average molecular weight is 262 g/mol. The van der Waals surface area contributed by atoms with Gasteiger partial charge in [0.2, 0.25) is 0 Å². The van der Waals surface area contributed by atoms with Gasteiger partial charge in [-0.15, -0.1) is 0 Å². The smallest absolute Gasteiger partial charge is 0.0199 e. The summed E-state index contributed by atoms with van der Waals surface area (Å²) >= 11 is 1.94. The lowest BCUT2D eigenvalue weighted by molar-refractivity contribution is 0.840. The highest BCUT2D eigenvalue weighted by molar-refractivity contribution is 8.03. The number of thioether (sulfide) groups is 1. The molecule has 4 rings (SSSR count). The van der Waals surface area contributed by atoms with E-state index >= 15 is 0 Å². The third-order valence-corrected chi connectivity index (χ3v) is 5.07. The highest BCUT2D eigenvalue weighted by atomic mass is 32.2. The van der Waals surface area contributed by atoms with Gasteiger partial charge in [0.05, 0.1) is 0 Å². The van der Waals surface area contributed by atoms with Gasteiger partial charge in [0, 0.05) is 10.8 Å². The fourth-order valence-corrected chi connectivity index (χ4v) is 4.15. The van der Waals surface area contributed by atoms with Crippen molar-refractivity contribution in [2.45, 2.75) is 17.2 Å². The maximum atomic E-state index is 2.38. The topological polar surface area (TPSA) is 0 Å². The van der Waals surface area contributed by atoms with E-state index in [0.29, 0.717) is 5.92 Å². The summed E-state index contributed by atoms with van der Waals surface area (Å²) in [6, 6.07) is 19.5. The van der Waals surface area contributed by atoms with Crippen LogP contribution >= 0.6 is 11.8 Å². The lowest BCUT2D eigenvalue weighted by atomic mass is 9.88. The van der Waals surface area contributed by atoms with Crippen LogP contribution in [0.4, 0.5) is 0 Å². The van der Waals surface area contributed by atoms with Gasteiger partial charge in [0.25, 0.3) is 0 Å². The standard InChI is InChI=1S/C18H14S/c1-2-6-13(7-3-1)14-10-11-16-15-8-4-5-9-17(15)19-18(16)12-14/h1-10,12,16H,11H2. The van der Waals surface area contributed by atoms with Gasteiger partial charge in [-0.05, 0) is 40.2 Å². The van der Waals surface area contributed by atoms with Gasteiger partial charge in [-0.1, -0.05) is 66.4 Å². The van der Waals surface area contributed by atoms with E-state index in [4.69, 9.17) is 0 Å². The van der Waals surface area contributed by atoms with Crippen molar-refractivity contribution in [1.29, 1.82) is 0 Å². The first-order valence-corrected chi connectivity index (χ1v) is 7.47. The third kappa shape index (κ3) is 1.85. The zero-order valence-electron chi connectivity index (χ0n) is 10.5. The van der Waals surface area contributed by atoms with Crippen molar-refractivity contribution in [1.82, 2.24) is 0 Å². The minimum Gasteiger partial charge on any atom is -0.0936 e. The van der Waals surface area contributed by atoms with Crippen LogP contribution in [0.25, 0.3) is 5.57 Å². The predicted molar refractivity (Wildman–Crippen MR) is 82.2 cm³/mol. The Labute approximate surface area is 117 Å². The first-order chi connectivity index (χ1) is 9.42. The highest BCUT2D eigenvalue weighted by Gasteiger charge is 2.29. The maximum absolute atomic E-state index is 2.38. The molecule has 0 aromatic heterocycles. The first-order valence-electron chi connectivity index (χ1n) is 6.66. The van der Waals surface area contributed by atoms with Gasteiger partial charge in [-0.3, -0.25) is 0 Å². The lowest BCUT2D eigenvalue weighted by Gasteiger charge is -2.17. The minimum absolute atomic E-state index is 0.591. The Morgan fingerprint density at radius 2 is 1.68 bits per heavy atom. The largest absolute Gasteiger partial charge is 0.0936 e. The summed E-state index contributed by atoms with van der Waals surface area (Å²) in [4.78, 5) is 2.93. The van der Waals surface area contributed by atoms with Crippen molar-refractivity contribution >= 4 is 17.3 Å². The monoisotopic (exact) mass is 262 g/mol. The van der Waals surface area contributed by atoms with E-state index in [1.807, 2.05) is 11.8 Å². The number of allylic oxidation sites excluding steroid dienone is 4. The Morgan fingerprint density at radius 1 is 0.895 bits per heavy atom. The second-order valence-corrected chi connectivity index (χ2v) is 6.12. The Bertz CT molecular complexity index is 680. The van der Waals surface area contributed by atoms with E-state index in [0.717, 1.165) is 6.42 Å². The molecule has 0 spiro atoms. The normalized spacial score (nSPS) is 20.3. The van der Waals surface area contributed by atoms with Gasteiger partial charge >= 0.3 is 0 Å². The van der Waals surface area contributed by atoms with E-state index in [-0.39, 0.29) is 0 Å². The van der Waals surface area contributed by atoms with Gasteiger partial charge in [-0.2, -0.15) is 0 Å². The summed E-state index contributed by atoms with van der Waals surface area (Å²) in [5.41, 5.74) is 4.19. The van der Waals surface area contributed by atoms with E-state index in [1.165, 1.54) is 26.5 Å². The average Bonchev–Trinajstić information content (AvgIpc) is 2.86. The summed E-state index contributed by atoms with van der Waals surface area (Å²) < 4.78 is 0. The van der Waals surface area contributed by atoms with Crippen LogP contribution in [0.1, 0.15) is 23.5 Å². The van der Waals surface area contributed by atoms with Gasteiger partial charge < -0.3 is 0 Å². The highest BCUT2D eigenvalue weighted by Crippen LogP contribution is 2.52. The van der Waals surface area contributed by atoms with Crippen LogP contribution < -0.4 is 0 Å². The molecule has 0 nitrogen and oxygen atoms in total. The zero-order valence-corrected chi connectivity index (χ0v) is 11.4. The molecule has 1 heteroatoms. The van der Waals surface area contributed by atoms with Crippen LogP contribution in [0, 0.1) is 0 Å². The molecule has 19 heavy (non-hydrogen) atoms. The van der Waals surface area contributed by atoms with Crippen molar-refractivity contribution in [3.63, 3.8) is 0 Å². The molecule has 0 amide bonds. The van der Waals surface area contributed by atoms with E-state index in [2.05, 4.69) is 66.7 Å². The van der Waals surface area contributed by atoms with Crippen molar-refractivity contribution in [3.05, 3.63) is 82.8 Å². The molecular formula is C18H14S. The molecule has 0 N–H and O–H groups in total. The molecule has 1 atom stereocenters. The molecule has 0 saturated carbocycles. The van der Waals surface area contributed by atoms with Crippen molar-refractivity contribution in [2.24, 2.45) is 0 Å². The SMILES string of the molecule is C1=C(c2ccccc2)C=C2Sc3ccccc3C2C1. The summed E-state index contributed by atoms with van der Waals surface area (Å²) in [5.74, 6) is 0.591. The molecule has 1 aliphatic carbocycles. The van der Waals surface area contributed by atoms with Crippen molar-refractivity contribution < 1.29 is 0 Å². The van der Waals surface area contributed by atoms with Crippen molar-refractivity contribution in [2.75, 3.05) is 0 Å². The van der Waals surface area contributed by atoms with Crippen LogP contribution in [0.5, 0.6) is 0 Å². The molecule has 1 unspecified atom stereocenters. The Balaban J connectivity index is 1.72. The van der Waals surface area contributed by atoms with Crippen LogP contribution in [0.2, 0.25) is 0 Å². The molecule has 1 heterocycles. The fraction of sp³-hybridized carbons (Fsp3) is 0.111. The van der Waals surface area contributed by atoms with E-state index < -0.39 is 0 Å². The van der Waals surface area contributed by atoms with Crippen LogP contribution in [-0.4, -0.2) is 0 Å². The quantitative estimate of drug-likeness (QED) is 0.676. The number of rotatable bonds is 1. The summed E-state index contributed by atoms with van der Waals surface area (Å²) in [6.45, 7) is 0. The summed E-state index contributed by atoms with van der Waals surface area (Å²) in [6.07, 6.45) is 5.88. The maximum Gasteiger partial charge on any atom is 0.0199 e. The Hall–Kier alpha value is -1.73. The van der Waals surface area contributed by atoms with Crippen LogP contribution in [0.15, 0.2) is 76.5 Å². The molecule has 1 aliphatic heterocycles. The number of hydrogen-bond donors (Lipinski definition) is 0. The second-order valence-electron chi connectivity index (χ2n) is 5.00. The van der Waals surface area contributed by atoms with Gasteiger partial charge in [-0.25, -0.2) is 0 Å². The summed E-state index contributed by atoms with van der Waals surface area (Å²) in [5, 5.41) is 0. The molecule has 2 aromatic carbocycles. The molecule has 92 valence electrons. The summed E-state index contributed by atoms with van der Waals surface area (Å²) in [7, 11) is 0. The zero-order chi connectivity index (χ0) is 12.7. The van der Waals surface area contributed by atoms with Crippen LogP contribution in [-0.2, 0) is 0 Å².